The van der Waals surface area contributed by atoms with Crippen LogP contribution in [0.3, 0.4) is 0 Å². The molecule has 3 aromatic rings. The van der Waals surface area contributed by atoms with Crippen molar-refractivity contribution < 1.29 is 14.3 Å². The van der Waals surface area contributed by atoms with Crippen molar-refractivity contribution in [3.8, 4) is 28.9 Å². The van der Waals surface area contributed by atoms with Crippen LogP contribution in [0.5, 0.6) is 5.88 Å². The summed E-state index contributed by atoms with van der Waals surface area (Å²) in [5, 5.41) is 23.6. The van der Waals surface area contributed by atoms with E-state index < -0.39 is 5.82 Å². The van der Waals surface area contributed by atoms with E-state index in [1.165, 1.54) is 42.0 Å². The van der Waals surface area contributed by atoms with E-state index in [4.69, 9.17) is 5.26 Å². The number of aromatic hydroxyl groups is 1. The van der Waals surface area contributed by atoms with Crippen LogP contribution in [-0.4, -0.2) is 67.8 Å². The highest BCUT2D eigenvalue weighted by molar-refractivity contribution is 5.94. The average Bonchev–Trinajstić information content (AvgIpc) is 3.61. The number of pyridine rings is 1. The van der Waals surface area contributed by atoms with Gasteiger partial charge in [0.1, 0.15) is 11.9 Å². The van der Waals surface area contributed by atoms with Gasteiger partial charge >= 0.3 is 0 Å². The minimum absolute atomic E-state index is 0.0575. The molecule has 1 aromatic carbocycles. The Kier molecular flexibility index (Phi) is 5.07. The monoisotopic (exact) mass is 432 g/mol. The number of rotatable bonds is 4. The molecule has 0 unspecified atom stereocenters. The smallest absolute Gasteiger partial charge is 0.255 e. The van der Waals surface area contributed by atoms with Crippen molar-refractivity contribution in [1.29, 1.82) is 5.26 Å². The summed E-state index contributed by atoms with van der Waals surface area (Å²) in [6, 6.07) is 9.83. The lowest BCUT2D eigenvalue weighted by molar-refractivity contribution is 0.0627. The normalized spacial score (nSPS) is 16.7. The molecule has 1 saturated carbocycles. The molecule has 0 radical (unpaired) electrons. The van der Waals surface area contributed by atoms with E-state index in [0.29, 0.717) is 41.6 Å². The van der Waals surface area contributed by atoms with Crippen LogP contribution in [0.15, 0.2) is 42.7 Å². The Morgan fingerprint density at radius 2 is 1.91 bits per heavy atom. The summed E-state index contributed by atoms with van der Waals surface area (Å²) in [6.07, 6.45) is 5.41. The predicted molar refractivity (Wildman–Crippen MR) is 114 cm³/mol. The molecule has 32 heavy (non-hydrogen) atoms. The van der Waals surface area contributed by atoms with Gasteiger partial charge in [0.15, 0.2) is 5.82 Å². The molecule has 1 amide bonds. The predicted octanol–water partition coefficient (Wildman–Crippen LogP) is 2.57. The van der Waals surface area contributed by atoms with E-state index in [0.717, 1.165) is 13.1 Å². The zero-order valence-electron chi connectivity index (χ0n) is 17.3. The van der Waals surface area contributed by atoms with Gasteiger partial charge in [-0.2, -0.15) is 15.0 Å². The fraction of sp³-hybridized carbons (Fsp3) is 0.304. The van der Waals surface area contributed by atoms with Gasteiger partial charge in [-0.15, -0.1) is 0 Å². The Bertz CT molecular complexity index is 1200. The second-order valence-corrected chi connectivity index (χ2v) is 8.06. The number of benzene rings is 1. The molecule has 2 aromatic heterocycles. The first-order valence-corrected chi connectivity index (χ1v) is 10.5. The van der Waals surface area contributed by atoms with Gasteiger partial charge in [0.25, 0.3) is 5.91 Å². The molecule has 3 heterocycles. The van der Waals surface area contributed by atoms with Gasteiger partial charge in [-0.25, -0.2) is 9.37 Å². The summed E-state index contributed by atoms with van der Waals surface area (Å²) in [7, 11) is 0. The van der Waals surface area contributed by atoms with Crippen LogP contribution >= 0.6 is 0 Å². The van der Waals surface area contributed by atoms with E-state index in [1.54, 1.807) is 24.3 Å². The Balaban J connectivity index is 1.32. The Morgan fingerprint density at radius 3 is 2.53 bits per heavy atom. The second-order valence-electron chi connectivity index (χ2n) is 8.06. The van der Waals surface area contributed by atoms with Crippen LogP contribution in [0.1, 0.15) is 28.8 Å². The van der Waals surface area contributed by atoms with Crippen LogP contribution in [-0.2, 0) is 0 Å². The molecule has 9 heteroatoms. The molecule has 0 bridgehead atoms. The number of aromatic nitrogens is 3. The number of carbonyl (C=O) groups excluding carboxylic acids is 1. The summed E-state index contributed by atoms with van der Waals surface area (Å²) in [5.41, 5.74) is 1.11. The lowest BCUT2D eigenvalue weighted by Crippen LogP contribution is -2.49. The summed E-state index contributed by atoms with van der Waals surface area (Å²) >= 11 is 0. The number of hydrogen-bond donors (Lipinski definition) is 1. The number of carbonyl (C=O) groups is 1. The number of halogens is 1. The molecule has 0 spiro atoms. The SMILES string of the molecule is N#Cc1ccc(-c2cnn(-c3ccc(C(=O)N4CCN(C5CC5)CC4)cn3)c2O)cc1F. The Hall–Kier alpha value is -3.77. The van der Waals surface area contributed by atoms with Crippen molar-refractivity contribution >= 4 is 5.91 Å². The van der Waals surface area contributed by atoms with Crippen LogP contribution in [0.4, 0.5) is 4.39 Å². The van der Waals surface area contributed by atoms with Gasteiger partial charge in [0, 0.05) is 38.4 Å². The first-order chi connectivity index (χ1) is 15.5. The zero-order chi connectivity index (χ0) is 22.2. The minimum Gasteiger partial charge on any atom is -0.493 e. The van der Waals surface area contributed by atoms with Crippen molar-refractivity contribution in [2.75, 3.05) is 26.2 Å². The van der Waals surface area contributed by atoms with E-state index in [1.807, 2.05) is 4.90 Å². The molecule has 1 aliphatic carbocycles. The summed E-state index contributed by atoms with van der Waals surface area (Å²) in [6.45, 7) is 3.23. The highest BCUT2D eigenvalue weighted by Gasteiger charge is 2.32. The average molecular weight is 432 g/mol. The van der Waals surface area contributed by atoms with Crippen LogP contribution in [0.2, 0.25) is 0 Å². The van der Waals surface area contributed by atoms with Gasteiger partial charge in [-0.05, 0) is 42.7 Å². The minimum atomic E-state index is -0.670. The van der Waals surface area contributed by atoms with Crippen molar-refractivity contribution in [3.05, 3.63) is 59.7 Å². The lowest BCUT2D eigenvalue weighted by atomic mass is 10.1. The number of piperazine rings is 1. The fourth-order valence-electron chi connectivity index (χ4n) is 4.04. The highest BCUT2D eigenvalue weighted by atomic mass is 19.1. The molecule has 8 nitrogen and oxygen atoms in total. The van der Waals surface area contributed by atoms with E-state index in [-0.39, 0.29) is 17.4 Å². The van der Waals surface area contributed by atoms with E-state index in [2.05, 4.69) is 15.0 Å². The summed E-state index contributed by atoms with van der Waals surface area (Å²) in [4.78, 5) is 21.4. The molecule has 0 atom stereocenters. The molecule has 2 aliphatic rings. The molecule has 1 aliphatic heterocycles. The van der Waals surface area contributed by atoms with Gasteiger partial charge in [0.2, 0.25) is 5.88 Å². The number of hydrogen-bond acceptors (Lipinski definition) is 6. The molecular formula is C23H21FN6O2. The lowest BCUT2D eigenvalue weighted by Gasteiger charge is -2.34. The fourth-order valence-corrected chi connectivity index (χ4v) is 4.04. The zero-order valence-corrected chi connectivity index (χ0v) is 17.3. The maximum absolute atomic E-state index is 14.0. The maximum Gasteiger partial charge on any atom is 0.255 e. The van der Waals surface area contributed by atoms with Crippen molar-refractivity contribution in [2.45, 2.75) is 18.9 Å². The summed E-state index contributed by atoms with van der Waals surface area (Å²) in [5.74, 6) is -0.608. The van der Waals surface area contributed by atoms with E-state index in [9.17, 15) is 14.3 Å². The topological polar surface area (TPSA) is 98.3 Å². The largest absolute Gasteiger partial charge is 0.493 e. The first kappa shape index (κ1) is 20.2. The van der Waals surface area contributed by atoms with Gasteiger partial charge < -0.3 is 10.0 Å². The van der Waals surface area contributed by atoms with Crippen LogP contribution < -0.4 is 0 Å². The van der Waals surface area contributed by atoms with Gasteiger partial charge in [-0.1, -0.05) is 6.07 Å². The van der Waals surface area contributed by atoms with Crippen molar-refractivity contribution in [3.63, 3.8) is 0 Å². The molecule has 2 fully saturated rings. The van der Waals surface area contributed by atoms with E-state index >= 15 is 0 Å². The van der Waals surface area contributed by atoms with Crippen molar-refractivity contribution in [2.24, 2.45) is 0 Å². The van der Waals surface area contributed by atoms with Crippen molar-refractivity contribution in [1.82, 2.24) is 24.6 Å². The standard InChI is InChI=1S/C23H21FN6O2/c24-20-11-15(1-2-16(20)12-25)19-14-27-30(23(19)32)21-6-3-17(13-26-21)22(31)29-9-7-28(8-10-29)18-4-5-18/h1-3,6,11,13-14,18,32H,4-5,7-10H2. The van der Waals surface area contributed by atoms with Gasteiger partial charge in [-0.3, -0.25) is 9.69 Å². The second kappa shape index (κ2) is 8.05. The number of amides is 1. The molecule has 5 rings (SSSR count). The molecular weight excluding hydrogens is 411 g/mol. The van der Waals surface area contributed by atoms with Crippen LogP contribution in [0.25, 0.3) is 16.9 Å². The Labute approximate surface area is 184 Å². The Morgan fingerprint density at radius 1 is 1.12 bits per heavy atom. The molecule has 1 saturated heterocycles. The van der Waals surface area contributed by atoms with Gasteiger partial charge in [0.05, 0.1) is 22.9 Å². The third kappa shape index (κ3) is 3.69. The molecule has 162 valence electrons. The van der Waals surface area contributed by atoms with Crippen LogP contribution in [0, 0.1) is 17.1 Å². The highest BCUT2D eigenvalue weighted by Crippen LogP contribution is 2.31. The summed E-state index contributed by atoms with van der Waals surface area (Å²) < 4.78 is 15.2. The third-order valence-electron chi connectivity index (χ3n) is 6.02. The number of nitriles is 1. The maximum atomic E-state index is 14.0. The first-order valence-electron chi connectivity index (χ1n) is 10.5. The third-order valence-corrected chi connectivity index (χ3v) is 6.02. The molecule has 1 N–H and O–H groups in total. The quantitative estimate of drug-likeness (QED) is 0.681. The number of nitrogens with zero attached hydrogens (tertiary/aromatic N) is 6.